The predicted molar refractivity (Wildman–Crippen MR) is 119 cm³/mol. The number of carbonyl (C=O) groups excluding carboxylic acids is 3. The number of halogens is 1. The SMILES string of the molecule is CC.CCc1nc2ccc(F)cc2c(OC)c1C=O.Cc1ccccc1C(=O)NC=O. The number of aldehydes is 1. The highest BCUT2D eigenvalue weighted by Gasteiger charge is 2.14. The second-order valence-corrected chi connectivity index (χ2v) is 6.04. The summed E-state index contributed by atoms with van der Waals surface area (Å²) in [5.74, 6) is -0.344. The molecule has 0 fully saturated rings. The summed E-state index contributed by atoms with van der Waals surface area (Å²) >= 11 is 0. The molecular formula is C24H27FN2O4. The molecule has 7 heteroatoms. The highest BCUT2D eigenvalue weighted by atomic mass is 19.1. The fraction of sp³-hybridized carbons (Fsp3) is 0.250. The second-order valence-electron chi connectivity index (χ2n) is 6.04. The molecule has 1 N–H and O–H groups in total. The van der Waals surface area contributed by atoms with E-state index in [4.69, 9.17) is 4.74 Å². The summed E-state index contributed by atoms with van der Waals surface area (Å²) in [5.41, 5.74) is 3.08. The first-order chi connectivity index (χ1) is 15.0. The van der Waals surface area contributed by atoms with Crippen molar-refractivity contribution in [1.29, 1.82) is 0 Å². The van der Waals surface area contributed by atoms with Crippen molar-refractivity contribution in [3.8, 4) is 5.75 Å². The molecule has 0 saturated carbocycles. The molecule has 0 radical (unpaired) electrons. The fourth-order valence-corrected chi connectivity index (χ4v) is 2.84. The van der Waals surface area contributed by atoms with Crippen molar-refractivity contribution in [2.75, 3.05) is 7.11 Å². The van der Waals surface area contributed by atoms with Crippen LogP contribution < -0.4 is 10.1 Å². The lowest BCUT2D eigenvalue weighted by atomic mass is 10.1. The van der Waals surface area contributed by atoms with Crippen LogP contribution in [0.1, 0.15) is 52.7 Å². The molecule has 0 spiro atoms. The molecule has 0 aliphatic carbocycles. The molecule has 31 heavy (non-hydrogen) atoms. The topological polar surface area (TPSA) is 85.4 Å². The number of fused-ring (bicyclic) bond motifs is 1. The van der Waals surface area contributed by atoms with Crippen LogP contribution in [0, 0.1) is 12.7 Å². The molecule has 3 aromatic rings. The number of aryl methyl sites for hydroxylation is 2. The summed E-state index contributed by atoms with van der Waals surface area (Å²) in [7, 11) is 1.46. The van der Waals surface area contributed by atoms with E-state index in [1.54, 1.807) is 18.2 Å². The van der Waals surface area contributed by atoms with E-state index in [1.807, 2.05) is 39.8 Å². The first-order valence-electron chi connectivity index (χ1n) is 9.88. The van der Waals surface area contributed by atoms with E-state index in [1.165, 1.54) is 19.2 Å². The molecule has 0 aliphatic heterocycles. The minimum Gasteiger partial charge on any atom is -0.495 e. The van der Waals surface area contributed by atoms with Gasteiger partial charge in [0.05, 0.1) is 23.9 Å². The van der Waals surface area contributed by atoms with Crippen molar-refractivity contribution in [3.05, 3.63) is 70.7 Å². The maximum absolute atomic E-state index is 13.2. The average molecular weight is 426 g/mol. The molecule has 6 nitrogen and oxygen atoms in total. The second kappa shape index (κ2) is 12.8. The van der Waals surface area contributed by atoms with Gasteiger partial charge in [0.25, 0.3) is 5.91 Å². The Hall–Kier alpha value is -3.61. The Bertz CT molecular complexity index is 1050. The lowest BCUT2D eigenvalue weighted by molar-refractivity contribution is -0.108. The number of hydrogen-bond acceptors (Lipinski definition) is 5. The fourth-order valence-electron chi connectivity index (χ4n) is 2.84. The zero-order chi connectivity index (χ0) is 23.4. The lowest BCUT2D eigenvalue weighted by Crippen LogP contribution is -2.21. The van der Waals surface area contributed by atoms with Crippen LogP contribution in [-0.2, 0) is 11.2 Å². The number of pyridine rings is 1. The third-order valence-corrected chi connectivity index (χ3v) is 4.25. The molecule has 2 aromatic carbocycles. The molecule has 0 atom stereocenters. The molecule has 0 saturated heterocycles. The number of imide groups is 1. The number of methoxy groups -OCH3 is 1. The summed E-state index contributed by atoms with van der Waals surface area (Å²) in [5, 5.41) is 2.60. The van der Waals surface area contributed by atoms with Gasteiger partial charge in [0.2, 0.25) is 6.41 Å². The van der Waals surface area contributed by atoms with E-state index in [2.05, 4.69) is 10.3 Å². The standard InChI is InChI=1S/C13H12FNO2.C9H9NO2.C2H6/c1-3-11-10(7-16)13(17-2)9-6-8(14)4-5-12(9)15-11;1-7-4-2-3-5-8(7)9(12)10-6-11;1-2/h4-7H,3H2,1-2H3;2-6H,1H3,(H,10,11,12);1-2H3. The number of aromatic nitrogens is 1. The average Bonchev–Trinajstić information content (AvgIpc) is 2.79. The Morgan fingerprint density at radius 1 is 1.16 bits per heavy atom. The third-order valence-electron chi connectivity index (χ3n) is 4.25. The van der Waals surface area contributed by atoms with Crippen LogP contribution in [0.3, 0.4) is 0 Å². The molecule has 2 amide bonds. The van der Waals surface area contributed by atoms with Crippen LogP contribution in [0.4, 0.5) is 4.39 Å². The van der Waals surface area contributed by atoms with Gasteiger partial charge in [-0.15, -0.1) is 0 Å². The van der Waals surface area contributed by atoms with Crippen molar-refractivity contribution in [2.24, 2.45) is 0 Å². The molecule has 1 aromatic heterocycles. The first kappa shape index (κ1) is 25.4. The number of nitrogens with one attached hydrogen (secondary N) is 1. The van der Waals surface area contributed by atoms with Crippen LogP contribution in [-0.4, -0.2) is 30.7 Å². The van der Waals surface area contributed by atoms with E-state index < -0.39 is 0 Å². The highest BCUT2D eigenvalue weighted by molar-refractivity contribution is 6.00. The molecular weight excluding hydrogens is 399 g/mol. The Labute approximate surface area is 181 Å². The zero-order valence-corrected chi connectivity index (χ0v) is 18.4. The van der Waals surface area contributed by atoms with E-state index in [9.17, 15) is 18.8 Å². The van der Waals surface area contributed by atoms with Gasteiger partial charge in [0, 0.05) is 10.9 Å². The number of amides is 2. The Morgan fingerprint density at radius 3 is 2.39 bits per heavy atom. The zero-order valence-electron chi connectivity index (χ0n) is 18.4. The van der Waals surface area contributed by atoms with Crippen molar-refractivity contribution in [3.63, 3.8) is 0 Å². The number of hydrogen-bond donors (Lipinski definition) is 1. The van der Waals surface area contributed by atoms with Crippen molar-refractivity contribution in [1.82, 2.24) is 10.3 Å². The van der Waals surface area contributed by atoms with Gasteiger partial charge in [0.15, 0.2) is 6.29 Å². The Balaban J connectivity index is 0.000000303. The largest absolute Gasteiger partial charge is 0.495 e. The number of benzene rings is 2. The maximum Gasteiger partial charge on any atom is 0.257 e. The summed E-state index contributed by atoms with van der Waals surface area (Å²) in [6, 6.07) is 11.3. The van der Waals surface area contributed by atoms with Gasteiger partial charge in [-0.25, -0.2) is 4.39 Å². The van der Waals surface area contributed by atoms with Crippen molar-refractivity contribution < 1.29 is 23.5 Å². The van der Waals surface area contributed by atoms with E-state index >= 15 is 0 Å². The van der Waals surface area contributed by atoms with Crippen LogP contribution >= 0.6 is 0 Å². The monoisotopic (exact) mass is 426 g/mol. The van der Waals surface area contributed by atoms with Gasteiger partial charge in [-0.05, 0) is 43.2 Å². The lowest BCUT2D eigenvalue weighted by Gasteiger charge is -2.11. The normalized spacial score (nSPS) is 9.48. The van der Waals surface area contributed by atoms with Crippen LogP contribution in [0.5, 0.6) is 5.75 Å². The minimum absolute atomic E-state index is 0.358. The number of rotatable bonds is 5. The van der Waals surface area contributed by atoms with Crippen molar-refractivity contribution in [2.45, 2.75) is 34.1 Å². The van der Waals surface area contributed by atoms with Crippen LogP contribution in [0.25, 0.3) is 10.9 Å². The van der Waals surface area contributed by atoms with E-state index in [0.29, 0.717) is 52.6 Å². The highest BCUT2D eigenvalue weighted by Crippen LogP contribution is 2.30. The molecule has 0 unspecified atom stereocenters. The minimum atomic E-state index is -0.376. The van der Waals surface area contributed by atoms with Gasteiger partial charge < -0.3 is 4.74 Å². The molecule has 3 rings (SSSR count). The van der Waals surface area contributed by atoms with Gasteiger partial charge in [-0.1, -0.05) is 39.0 Å². The summed E-state index contributed by atoms with van der Waals surface area (Å²) in [4.78, 5) is 36.5. The maximum atomic E-state index is 13.2. The molecule has 164 valence electrons. The van der Waals surface area contributed by atoms with Gasteiger partial charge >= 0.3 is 0 Å². The molecule has 0 bridgehead atoms. The number of carbonyl (C=O) groups is 3. The quantitative estimate of drug-likeness (QED) is 0.600. The predicted octanol–water partition coefficient (Wildman–Crippen LogP) is 4.66. The van der Waals surface area contributed by atoms with E-state index in [-0.39, 0.29) is 11.7 Å². The van der Waals surface area contributed by atoms with Gasteiger partial charge in [0.1, 0.15) is 11.6 Å². The van der Waals surface area contributed by atoms with Gasteiger partial charge in [-0.3, -0.25) is 24.7 Å². The smallest absolute Gasteiger partial charge is 0.257 e. The first-order valence-corrected chi connectivity index (χ1v) is 9.88. The van der Waals surface area contributed by atoms with Gasteiger partial charge in [-0.2, -0.15) is 0 Å². The summed E-state index contributed by atoms with van der Waals surface area (Å²) in [6.07, 6.45) is 1.71. The Morgan fingerprint density at radius 2 is 1.84 bits per heavy atom. The van der Waals surface area contributed by atoms with Crippen molar-refractivity contribution >= 4 is 29.5 Å². The van der Waals surface area contributed by atoms with E-state index in [0.717, 1.165) is 5.56 Å². The Kier molecular flexibility index (Phi) is 10.5. The molecule has 0 aliphatic rings. The summed E-state index contributed by atoms with van der Waals surface area (Å²) in [6.45, 7) is 7.73. The summed E-state index contributed by atoms with van der Waals surface area (Å²) < 4.78 is 18.4. The van der Waals surface area contributed by atoms with Crippen LogP contribution in [0.2, 0.25) is 0 Å². The number of ether oxygens (including phenoxy) is 1. The number of nitrogens with zero attached hydrogens (tertiary/aromatic N) is 1. The van der Waals surface area contributed by atoms with Crippen LogP contribution in [0.15, 0.2) is 42.5 Å². The molecule has 1 heterocycles. The third kappa shape index (κ3) is 6.44.